The lowest BCUT2D eigenvalue weighted by atomic mass is 10.1. The molecule has 184 valence electrons. The highest BCUT2D eigenvalue weighted by Gasteiger charge is 2.26. The van der Waals surface area contributed by atoms with Gasteiger partial charge in [0, 0.05) is 23.6 Å². The first-order valence-electron chi connectivity index (χ1n) is 10.8. The molecule has 4 rings (SSSR count). The summed E-state index contributed by atoms with van der Waals surface area (Å²) in [6.45, 7) is 3.53. The van der Waals surface area contributed by atoms with E-state index in [1.807, 2.05) is 6.07 Å². The fraction of sp³-hybridized carbons (Fsp3) is 0.167. The van der Waals surface area contributed by atoms with Gasteiger partial charge in [0.25, 0.3) is 11.1 Å². The van der Waals surface area contributed by atoms with Gasteiger partial charge in [-0.2, -0.15) is 0 Å². The number of aromatic nitrogens is 3. The van der Waals surface area contributed by atoms with E-state index in [2.05, 4.69) is 25.8 Å². The molecule has 0 aliphatic carbocycles. The highest BCUT2D eigenvalue weighted by atomic mass is 32.2. The summed E-state index contributed by atoms with van der Waals surface area (Å²) in [5.41, 5.74) is 1.92. The number of anilines is 2. The number of carbonyl (C=O) groups is 3. The molecule has 36 heavy (non-hydrogen) atoms. The normalized spacial score (nSPS) is 10.6. The molecule has 1 aromatic carbocycles. The monoisotopic (exact) mass is 523 g/mol. The van der Waals surface area contributed by atoms with Gasteiger partial charge in [-0.05, 0) is 43.7 Å². The number of hydrogen-bond acceptors (Lipinski definition) is 10. The van der Waals surface area contributed by atoms with Gasteiger partial charge in [0.15, 0.2) is 0 Å². The summed E-state index contributed by atoms with van der Waals surface area (Å²) in [5, 5.41) is 13.9. The third-order valence-electron chi connectivity index (χ3n) is 4.78. The molecule has 0 aliphatic heterocycles. The molecule has 0 saturated carbocycles. The molecular formula is C24H21N5O5S2. The van der Waals surface area contributed by atoms with Crippen LogP contribution in [-0.2, 0) is 9.53 Å². The molecule has 0 aliphatic rings. The van der Waals surface area contributed by atoms with E-state index >= 15 is 0 Å². The summed E-state index contributed by atoms with van der Waals surface area (Å²) in [6.07, 6.45) is 3.22. The summed E-state index contributed by atoms with van der Waals surface area (Å²) < 4.78 is 10.7. The van der Waals surface area contributed by atoms with Crippen LogP contribution in [0.5, 0.6) is 0 Å². The average Bonchev–Trinajstić information content (AvgIpc) is 3.48. The summed E-state index contributed by atoms with van der Waals surface area (Å²) in [4.78, 5) is 42.5. The van der Waals surface area contributed by atoms with Crippen LogP contribution in [0.15, 0.2) is 64.5 Å². The van der Waals surface area contributed by atoms with Crippen LogP contribution in [0.2, 0.25) is 0 Å². The molecule has 3 heterocycles. The Kier molecular flexibility index (Phi) is 8.08. The molecule has 0 fully saturated rings. The maximum absolute atomic E-state index is 13.1. The van der Waals surface area contributed by atoms with E-state index in [0.717, 1.165) is 23.1 Å². The van der Waals surface area contributed by atoms with Crippen LogP contribution in [0.25, 0.3) is 11.5 Å². The summed E-state index contributed by atoms with van der Waals surface area (Å²) >= 11 is 2.04. The largest absolute Gasteiger partial charge is 0.462 e. The van der Waals surface area contributed by atoms with Gasteiger partial charge in [-0.1, -0.05) is 30.0 Å². The van der Waals surface area contributed by atoms with Crippen molar-refractivity contribution in [3.8, 4) is 11.5 Å². The van der Waals surface area contributed by atoms with Crippen LogP contribution in [0.3, 0.4) is 0 Å². The van der Waals surface area contributed by atoms with Crippen molar-refractivity contribution in [2.24, 2.45) is 0 Å². The maximum Gasteiger partial charge on any atom is 0.348 e. The van der Waals surface area contributed by atoms with Crippen LogP contribution < -0.4 is 10.6 Å². The number of thiophene rings is 1. The van der Waals surface area contributed by atoms with Crippen molar-refractivity contribution >= 4 is 51.6 Å². The predicted molar refractivity (Wildman–Crippen MR) is 136 cm³/mol. The number of esters is 1. The molecule has 0 atom stereocenters. The van der Waals surface area contributed by atoms with E-state index in [0.29, 0.717) is 22.7 Å². The van der Waals surface area contributed by atoms with E-state index in [9.17, 15) is 14.4 Å². The molecule has 0 spiro atoms. The standard InChI is InChI=1S/C24H21N5O5S2/c1-3-33-23(32)19-14(2)18(20(31)26-16-7-5-4-6-8-16)22(36-19)27-17(30)13-35-24-29-28-21(34-24)15-9-11-25-12-10-15/h4-12H,3,13H2,1-2H3,(H,26,31)(H,27,30). The molecule has 12 heteroatoms. The number of nitrogens with zero attached hydrogens (tertiary/aromatic N) is 3. The Bertz CT molecular complexity index is 1370. The minimum atomic E-state index is -0.557. The Morgan fingerprint density at radius 2 is 1.81 bits per heavy atom. The number of nitrogens with one attached hydrogen (secondary N) is 2. The van der Waals surface area contributed by atoms with Gasteiger partial charge in [0.1, 0.15) is 9.88 Å². The first-order chi connectivity index (χ1) is 17.5. The highest BCUT2D eigenvalue weighted by molar-refractivity contribution is 7.99. The molecule has 0 bridgehead atoms. The number of rotatable bonds is 9. The van der Waals surface area contributed by atoms with Crippen molar-refractivity contribution in [3.63, 3.8) is 0 Å². The molecule has 0 saturated heterocycles. The maximum atomic E-state index is 13.1. The Hall–Kier alpha value is -4.03. The van der Waals surface area contributed by atoms with Gasteiger partial charge in [0.05, 0.1) is 17.9 Å². The van der Waals surface area contributed by atoms with Crippen molar-refractivity contribution in [1.82, 2.24) is 15.2 Å². The SMILES string of the molecule is CCOC(=O)c1sc(NC(=O)CSc2nnc(-c3ccncc3)o2)c(C(=O)Nc2ccccc2)c1C. The number of para-hydroxylation sites is 1. The molecular weight excluding hydrogens is 502 g/mol. The minimum Gasteiger partial charge on any atom is -0.462 e. The fourth-order valence-electron chi connectivity index (χ4n) is 3.15. The fourth-order valence-corrected chi connectivity index (χ4v) is 4.83. The van der Waals surface area contributed by atoms with E-state index in [4.69, 9.17) is 9.15 Å². The molecule has 4 aromatic rings. The number of pyridine rings is 1. The number of benzene rings is 1. The number of carbonyl (C=O) groups excluding carboxylic acids is 3. The van der Waals surface area contributed by atoms with Crippen molar-refractivity contribution in [1.29, 1.82) is 0 Å². The quantitative estimate of drug-likeness (QED) is 0.237. The Morgan fingerprint density at radius 1 is 1.06 bits per heavy atom. The summed E-state index contributed by atoms with van der Waals surface area (Å²) in [6, 6.07) is 12.4. The molecule has 0 radical (unpaired) electrons. The predicted octanol–water partition coefficient (Wildman–Crippen LogP) is 4.66. The summed E-state index contributed by atoms with van der Waals surface area (Å²) in [5.74, 6) is -1.16. The molecule has 0 unspecified atom stereocenters. The molecule has 3 aromatic heterocycles. The van der Waals surface area contributed by atoms with Gasteiger partial charge in [-0.3, -0.25) is 14.6 Å². The third kappa shape index (κ3) is 5.96. The van der Waals surface area contributed by atoms with Crippen molar-refractivity contribution < 1.29 is 23.5 Å². The number of amides is 2. The van der Waals surface area contributed by atoms with E-state index in [1.54, 1.807) is 62.6 Å². The molecule has 2 N–H and O–H groups in total. The van der Waals surface area contributed by atoms with Crippen molar-refractivity contribution in [3.05, 3.63) is 70.9 Å². The highest BCUT2D eigenvalue weighted by Crippen LogP contribution is 2.34. The van der Waals surface area contributed by atoms with Gasteiger partial charge in [-0.15, -0.1) is 21.5 Å². The second-order valence-corrected chi connectivity index (χ2v) is 9.19. The van der Waals surface area contributed by atoms with Crippen molar-refractivity contribution in [2.75, 3.05) is 23.0 Å². The zero-order chi connectivity index (χ0) is 25.5. The second kappa shape index (κ2) is 11.6. The van der Waals surface area contributed by atoms with Crippen LogP contribution in [-0.4, -0.2) is 45.3 Å². The van der Waals surface area contributed by atoms with Gasteiger partial charge >= 0.3 is 5.97 Å². The Balaban J connectivity index is 1.49. The van der Waals surface area contributed by atoms with Crippen LogP contribution in [0.1, 0.15) is 32.5 Å². The first kappa shape index (κ1) is 25.1. The average molecular weight is 524 g/mol. The smallest absolute Gasteiger partial charge is 0.348 e. The topological polar surface area (TPSA) is 136 Å². The van der Waals surface area contributed by atoms with Gasteiger partial charge in [-0.25, -0.2) is 4.79 Å². The van der Waals surface area contributed by atoms with E-state index < -0.39 is 17.8 Å². The van der Waals surface area contributed by atoms with E-state index in [-0.39, 0.29) is 33.0 Å². The molecule has 2 amide bonds. The lowest BCUT2D eigenvalue weighted by Gasteiger charge is -2.08. The number of thioether (sulfide) groups is 1. The lowest BCUT2D eigenvalue weighted by molar-refractivity contribution is -0.113. The van der Waals surface area contributed by atoms with Gasteiger partial charge in [0.2, 0.25) is 11.8 Å². The second-order valence-electron chi connectivity index (χ2n) is 7.25. The zero-order valence-corrected chi connectivity index (χ0v) is 20.9. The minimum absolute atomic E-state index is 0.0522. The lowest BCUT2D eigenvalue weighted by Crippen LogP contribution is -2.18. The van der Waals surface area contributed by atoms with Crippen LogP contribution in [0, 0.1) is 6.92 Å². The third-order valence-corrected chi connectivity index (χ3v) is 6.79. The van der Waals surface area contributed by atoms with Crippen LogP contribution >= 0.6 is 23.1 Å². The van der Waals surface area contributed by atoms with Crippen LogP contribution in [0.4, 0.5) is 10.7 Å². The van der Waals surface area contributed by atoms with Gasteiger partial charge < -0.3 is 19.8 Å². The Labute approximate surface area is 214 Å². The number of hydrogen-bond donors (Lipinski definition) is 2. The number of ether oxygens (including phenoxy) is 1. The summed E-state index contributed by atoms with van der Waals surface area (Å²) in [7, 11) is 0. The van der Waals surface area contributed by atoms with Crippen molar-refractivity contribution in [2.45, 2.75) is 19.1 Å². The van der Waals surface area contributed by atoms with E-state index in [1.165, 1.54) is 0 Å². The first-order valence-corrected chi connectivity index (χ1v) is 12.6. The zero-order valence-electron chi connectivity index (χ0n) is 19.3. The molecule has 10 nitrogen and oxygen atoms in total. The Morgan fingerprint density at radius 3 is 2.53 bits per heavy atom.